The molecule has 4 heteroatoms. The van der Waals surface area contributed by atoms with E-state index in [1.165, 1.54) is 0 Å². The number of aryl methyl sites for hydroxylation is 1. The van der Waals surface area contributed by atoms with Crippen molar-refractivity contribution < 1.29 is 14.3 Å². The number of hydrogen-bond donors (Lipinski definition) is 1. The van der Waals surface area contributed by atoms with Gasteiger partial charge in [-0.05, 0) is 37.6 Å². The van der Waals surface area contributed by atoms with Crippen molar-refractivity contribution >= 4 is 5.78 Å². The van der Waals surface area contributed by atoms with Gasteiger partial charge in [0.2, 0.25) is 0 Å². The normalized spacial score (nSPS) is 11.3. The highest BCUT2D eigenvalue weighted by molar-refractivity contribution is 6.01. The minimum Gasteiger partial charge on any atom is -0.493 e. The van der Waals surface area contributed by atoms with Gasteiger partial charge in [-0.15, -0.1) is 0 Å². The summed E-state index contributed by atoms with van der Waals surface area (Å²) >= 11 is 0. The number of methoxy groups -OCH3 is 2. The zero-order chi connectivity index (χ0) is 14.6. The van der Waals surface area contributed by atoms with Crippen LogP contribution in [0, 0.1) is 12.3 Å². The van der Waals surface area contributed by atoms with E-state index in [1.54, 1.807) is 20.3 Å². The highest BCUT2D eigenvalue weighted by Crippen LogP contribution is 2.34. The molecule has 1 aromatic rings. The van der Waals surface area contributed by atoms with Crippen LogP contribution in [-0.4, -0.2) is 26.5 Å². The first-order valence-corrected chi connectivity index (χ1v) is 6.35. The molecule has 0 heterocycles. The number of carbonyl (C=O) groups excluding carboxylic acids is 1. The molecule has 106 valence electrons. The van der Waals surface area contributed by atoms with E-state index in [4.69, 9.17) is 15.2 Å². The van der Waals surface area contributed by atoms with E-state index < -0.39 is 5.41 Å². The summed E-state index contributed by atoms with van der Waals surface area (Å²) in [7, 11) is 3.14. The molecule has 0 aromatic heterocycles. The van der Waals surface area contributed by atoms with Crippen molar-refractivity contribution in [2.24, 2.45) is 11.1 Å². The lowest BCUT2D eigenvalue weighted by Gasteiger charge is -2.24. The van der Waals surface area contributed by atoms with Crippen LogP contribution in [0.3, 0.4) is 0 Å². The Bertz CT molecular complexity index is 467. The second-order valence-corrected chi connectivity index (χ2v) is 5.27. The van der Waals surface area contributed by atoms with Crippen molar-refractivity contribution in [3.8, 4) is 11.5 Å². The first kappa shape index (κ1) is 15.5. The number of rotatable bonds is 6. The van der Waals surface area contributed by atoms with Gasteiger partial charge in [-0.3, -0.25) is 4.79 Å². The van der Waals surface area contributed by atoms with Gasteiger partial charge in [-0.1, -0.05) is 13.8 Å². The number of benzene rings is 1. The maximum Gasteiger partial charge on any atom is 0.168 e. The molecule has 0 unspecified atom stereocenters. The van der Waals surface area contributed by atoms with Crippen LogP contribution in [0.15, 0.2) is 12.1 Å². The highest BCUT2D eigenvalue weighted by Gasteiger charge is 2.29. The molecule has 1 aromatic carbocycles. The monoisotopic (exact) mass is 265 g/mol. The molecule has 0 bridgehead atoms. The van der Waals surface area contributed by atoms with Crippen molar-refractivity contribution in [2.75, 3.05) is 20.8 Å². The van der Waals surface area contributed by atoms with Crippen LogP contribution in [0.5, 0.6) is 11.5 Å². The summed E-state index contributed by atoms with van der Waals surface area (Å²) in [5.41, 5.74) is 6.65. The number of ketones is 1. The Hall–Kier alpha value is -1.55. The first-order chi connectivity index (χ1) is 8.87. The van der Waals surface area contributed by atoms with E-state index in [9.17, 15) is 4.79 Å². The second-order valence-electron chi connectivity index (χ2n) is 5.27. The van der Waals surface area contributed by atoms with Gasteiger partial charge in [0.1, 0.15) is 0 Å². The lowest BCUT2D eigenvalue weighted by atomic mass is 9.80. The van der Waals surface area contributed by atoms with Crippen LogP contribution in [-0.2, 0) is 0 Å². The topological polar surface area (TPSA) is 61.5 Å². The Morgan fingerprint density at radius 3 is 2.21 bits per heavy atom. The van der Waals surface area contributed by atoms with Gasteiger partial charge in [0, 0.05) is 11.0 Å². The van der Waals surface area contributed by atoms with Crippen LogP contribution in [0.4, 0.5) is 0 Å². The molecule has 0 fully saturated rings. The Kier molecular flexibility index (Phi) is 4.95. The average Bonchev–Trinajstić information content (AvgIpc) is 2.37. The summed E-state index contributed by atoms with van der Waals surface area (Å²) < 4.78 is 10.5. The Balaban J connectivity index is 3.24. The fourth-order valence-corrected chi connectivity index (χ4v) is 2.06. The molecular formula is C15H23NO3. The molecule has 0 aliphatic heterocycles. The maximum atomic E-state index is 12.6. The zero-order valence-electron chi connectivity index (χ0n) is 12.4. The Morgan fingerprint density at radius 1 is 1.21 bits per heavy atom. The van der Waals surface area contributed by atoms with Gasteiger partial charge < -0.3 is 15.2 Å². The third-order valence-corrected chi connectivity index (χ3v) is 3.36. The van der Waals surface area contributed by atoms with Gasteiger partial charge in [-0.25, -0.2) is 0 Å². The van der Waals surface area contributed by atoms with Crippen molar-refractivity contribution in [3.05, 3.63) is 23.3 Å². The van der Waals surface area contributed by atoms with Gasteiger partial charge in [-0.2, -0.15) is 0 Å². The molecule has 0 aliphatic carbocycles. The summed E-state index contributed by atoms with van der Waals surface area (Å²) in [6.07, 6.45) is 0.652. The Morgan fingerprint density at radius 2 is 1.74 bits per heavy atom. The second kappa shape index (κ2) is 6.06. The molecule has 0 saturated carbocycles. The highest BCUT2D eigenvalue weighted by atomic mass is 16.5. The van der Waals surface area contributed by atoms with Gasteiger partial charge >= 0.3 is 0 Å². The number of ether oxygens (including phenoxy) is 2. The molecule has 19 heavy (non-hydrogen) atoms. The quantitative estimate of drug-likeness (QED) is 0.803. The molecule has 0 aliphatic rings. The minimum atomic E-state index is -0.473. The SMILES string of the molecule is COc1cc(C)c(C(=O)C(C)(C)CCN)cc1OC. The molecule has 4 nitrogen and oxygen atoms in total. The standard InChI is InChI=1S/C15H23NO3/c1-10-8-12(18-4)13(19-5)9-11(10)14(17)15(2,3)6-7-16/h8-9H,6-7,16H2,1-5H3. The summed E-state index contributed by atoms with van der Waals surface area (Å²) in [4.78, 5) is 12.6. The summed E-state index contributed by atoms with van der Waals surface area (Å²) in [6.45, 7) is 6.22. The largest absolute Gasteiger partial charge is 0.493 e. The van der Waals surface area contributed by atoms with E-state index in [-0.39, 0.29) is 5.78 Å². The van der Waals surface area contributed by atoms with Crippen LogP contribution in [0.2, 0.25) is 0 Å². The van der Waals surface area contributed by atoms with Crippen LogP contribution >= 0.6 is 0 Å². The lowest BCUT2D eigenvalue weighted by molar-refractivity contribution is 0.0828. The number of carbonyl (C=O) groups is 1. The van der Waals surface area contributed by atoms with Crippen molar-refractivity contribution in [2.45, 2.75) is 27.2 Å². The fourth-order valence-electron chi connectivity index (χ4n) is 2.06. The number of hydrogen-bond acceptors (Lipinski definition) is 4. The van der Waals surface area contributed by atoms with Crippen LogP contribution < -0.4 is 15.2 Å². The third kappa shape index (κ3) is 3.26. The molecule has 0 saturated heterocycles. The van der Waals surface area contributed by atoms with E-state index in [2.05, 4.69) is 0 Å². The van der Waals surface area contributed by atoms with Crippen molar-refractivity contribution in [1.82, 2.24) is 0 Å². The summed E-state index contributed by atoms with van der Waals surface area (Å²) in [5, 5.41) is 0. The molecule has 0 amide bonds. The zero-order valence-corrected chi connectivity index (χ0v) is 12.4. The van der Waals surface area contributed by atoms with Gasteiger partial charge in [0.15, 0.2) is 17.3 Å². The smallest absolute Gasteiger partial charge is 0.168 e. The molecule has 0 atom stereocenters. The van der Waals surface area contributed by atoms with E-state index in [0.29, 0.717) is 30.0 Å². The average molecular weight is 265 g/mol. The fraction of sp³-hybridized carbons (Fsp3) is 0.533. The van der Waals surface area contributed by atoms with Crippen LogP contribution in [0.25, 0.3) is 0 Å². The third-order valence-electron chi connectivity index (χ3n) is 3.36. The van der Waals surface area contributed by atoms with Gasteiger partial charge in [0.05, 0.1) is 14.2 Å². The predicted octanol–water partition coefficient (Wildman–Crippen LogP) is 2.57. The molecule has 1 rings (SSSR count). The van der Waals surface area contributed by atoms with Crippen molar-refractivity contribution in [1.29, 1.82) is 0 Å². The van der Waals surface area contributed by atoms with E-state index in [1.807, 2.05) is 26.8 Å². The number of nitrogens with two attached hydrogens (primary N) is 1. The van der Waals surface area contributed by atoms with Gasteiger partial charge in [0.25, 0.3) is 0 Å². The van der Waals surface area contributed by atoms with E-state index >= 15 is 0 Å². The predicted molar refractivity (Wildman–Crippen MR) is 76.1 cm³/mol. The Labute approximate surface area is 114 Å². The molecule has 0 spiro atoms. The first-order valence-electron chi connectivity index (χ1n) is 6.35. The van der Waals surface area contributed by atoms with E-state index in [0.717, 1.165) is 5.56 Å². The minimum absolute atomic E-state index is 0.0800. The number of Topliss-reactive ketones (excluding diaryl/α,β-unsaturated/α-hetero) is 1. The van der Waals surface area contributed by atoms with Crippen molar-refractivity contribution in [3.63, 3.8) is 0 Å². The lowest BCUT2D eigenvalue weighted by Crippen LogP contribution is -2.28. The molecule has 2 N–H and O–H groups in total. The molecule has 0 radical (unpaired) electrons. The summed E-state index contributed by atoms with van der Waals surface area (Å²) in [5.74, 6) is 1.28. The maximum absolute atomic E-state index is 12.6. The van der Waals surface area contributed by atoms with Crippen LogP contribution in [0.1, 0.15) is 36.2 Å². The molecular weight excluding hydrogens is 242 g/mol. The summed E-state index contributed by atoms with van der Waals surface area (Å²) in [6, 6.07) is 3.57.